The second-order valence-corrected chi connectivity index (χ2v) is 3.49. The van der Waals surface area contributed by atoms with Crippen molar-refractivity contribution in [2.75, 3.05) is 12.4 Å². The van der Waals surface area contributed by atoms with Gasteiger partial charge in [0, 0.05) is 12.4 Å². The highest BCUT2D eigenvalue weighted by molar-refractivity contribution is 8.14. The van der Waals surface area contributed by atoms with Crippen molar-refractivity contribution in [1.82, 2.24) is 0 Å². The fourth-order valence-corrected chi connectivity index (χ4v) is 1.74. The molecule has 1 atom stereocenters. The predicted molar refractivity (Wildman–Crippen MR) is 46.6 cm³/mol. The topological polar surface area (TPSA) is 26.3 Å². The number of carbonyl (C=O) groups excluding carboxylic acids is 1. The lowest BCUT2D eigenvalue weighted by Gasteiger charge is -2.05. The molecule has 1 unspecified atom stereocenters. The van der Waals surface area contributed by atoms with E-state index in [1.807, 2.05) is 0 Å². The smallest absolute Gasteiger partial charge is 0.211 e. The lowest BCUT2D eigenvalue weighted by molar-refractivity contribution is -0.107. The van der Waals surface area contributed by atoms with Crippen molar-refractivity contribution >= 4 is 16.9 Å². The molecule has 1 fully saturated rings. The second-order valence-electron chi connectivity index (χ2n) is 2.47. The van der Waals surface area contributed by atoms with Crippen LogP contribution in [0, 0.1) is 0 Å². The molecule has 0 aromatic heterocycles. The maximum Gasteiger partial charge on any atom is 0.211 e. The summed E-state index contributed by atoms with van der Waals surface area (Å²) in [6.45, 7) is 4.25. The van der Waals surface area contributed by atoms with Gasteiger partial charge in [0.25, 0.3) is 0 Å². The van der Waals surface area contributed by atoms with E-state index in [9.17, 15) is 4.79 Å². The summed E-state index contributed by atoms with van der Waals surface area (Å²) in [6.07, 6.45) is 3.87. The van der Waals surface area contributed by atoms with E-state index in [1.54, 1.807) is 0 Å². The van der Waals surface area contributed by atoms with Gasteiger partial charge in [0.2, 0.25) is 5.12 Å². The van der Waals surface area contributed by atoms with Gasteiger partial charge in [0.15, 0.2) is 0 Å². The maximum absolute atomic E-state index is 10.8. The van der Waals surface area contributed by atoms with Crippen LogP contribution in [0.3, 0.4) is 0 Å². The Morgan fingerprint density at radius 3 is 3.18 bits per heavy atom. The zero-order valence-corrected chi connectivity index (χ0v) is 7.23. The molecule has 0 spiro atoms. The predicted octanol–water partition coefficient (Wildman–Crippen LogP) is 1.61. The van der Waals surface area contributed by atoms with Gasteiger partial charge in [-0.05, 0) is 18.9 Å². The first-order chi connectivity index (χ1) is 5.33. The highest BCUT2D eigenvalue weighted by atomic mass is 32.2. The monoisotopic (exact) mass is 172 g/mol. The molecule has 1 rings (SSSR count). The van der Waals surface area contributed by atoms with Crippen molar-refractivity contribution < 1.29 is 9.53 Å². The molecular weight excluding hydrogens is 160 g/mol. The maximum atomic E-state index is 10.8. The molecule has 1 heterocycles. The molecule has 62 valence electrons. The van der Waals surface area contributed by atoms with Crippen molar-refractivity contribution in [3.8, 4) is 0 Å². The van der Waals surface area contributed by atoms with E-state index in [2.05, 4.69) is 6.58 Å². The van der Waals surface area contributed by atoms with Gasteiger partial charge in [-0.15, -0.1) is 0 Å². The molecule has 0 saturated carbocycles. The van der Waals surface area contributed by atoms with Gasteiger partial charge < -0.3 is 4.74 Å². The van der Waals surface area contributed by atoms with E-state index in [0.29, 0.717) is 6.10 Å². The van der Waals surface area contributed by atoms with Crippen molar-refractivity contribution in [3.05, 3.63) is 12.7 Å². The Kier molecular flexibility index (Phi) is 3.66. The van der Waals surface area contributed by atoms with Crippen LogP contribution in [-0.4, -0.2) is 23.6 Å². The molecule has 1 aliphatic rings. The van der Waals surface area contributed by atoms with E-state index >= 15 is 0 Å². The molecule has 0 bridgehead atoms. The van der Waals surface area contributed by atoms with Crippen LogP contribution in [0.4, 0.5) is 0 Å². The van der Waals surface area contributed by atoms with Crippen molar-refractivity contribution in [2.45, 2.75) is 18.9 Å². The number of thioether (sulfide) groups is 1. The zero-order chi connectivity index (χ0) is 8.10. The average Bonchev–Trinajstić information content (AvgIpc) is 2.52. The normalized spacial score (nSPS) is 23.5. The summed E-state index contributed by atoms with van der Waals surface area (Å²) in [5, 5.41) is 0.0421. The lowest BCUT2D eigenvalue weighted by atomic mass is 10.3. The Morgan fingerprint density at radius 1 is 1.82 bits per heavy atom. The molecule has 0 amide bonds. The molecule has 0 radical (unpaired) electrons. The van der Waals surface area contributed by atoms with E-state index in [4.69, 9.17) is 4.74 Å². The van der Waals surface area contributed by atoms with E-state index in [0.717, 1.165) is 25.2 Å². The molecule has 0 aromatic carbocycles. The van der Waals surface area contributed by atoms with Gasteiger partial charge in [-0.1, -0.05) is 18.3 Å². The van der Waals surface area contributed by atoms with Gasteiger partial charge in [-0.25, -0.2) is 0 Å². The molecular formula is C8H12O2S. The first-order valence-corrected chi connectivity index (χ1v) is 4.72. The second kappa shape index (κ2) is 4.57. The standard InChI is InChI=1S/C8H12O2S/c1-2-8(9)11-6-7-4-3-5-10-7/h2,7H,1,3-6H2. The summed E-state index contributed by atoms with van der Waals surface area (Å²) in [7, 11) is 0. The Bertz CT molecular complexity index is 150. The fraction of sp³-hybridized carbons (Fsp3) is 0.625. The Morgan fingerprint density at radius 2 is 2.64 bits per heavy atom. The van der Waals surface area contributed by atoms with Crippen LogP contribution in [-0.2, 0) is 9.53 Å². The minimum absolute atomic E-state index is 0.0421. The number of hydrogen-bond donors (Lipinski definition) is 0. The molecule has 3 heteroatoms. The molecule has 2 nitrogen and oxygen atoms in total. The van der Waals surface area contributed by atoms with E-state index in [-0.39, 0.29) is 5.12 Å². The van der Waals surface area contributed by atoms with Crippen LogP contribution < -0.4 is 0 Å². The van der Waals surface area contributed by atoms with E-state index in [1.165, 1.54) is 17.8 Å². The first-order valence-electron chi connectivity index (χ1n) is 3.73. The number of carbonyl (C=O) groups is 1. The fourth-order valence-electron chi connectivity index (χ4n) is 1.01. The van der Waals surface area contributed by atoms with Crippen LogP contribution in [0.15, 0.2) is 12.7 Å². The van der Waals surface area contributed by atoms with Crippen molar-refractivity contribution in [2.24, 2.45) is 0 Å². The SMILES string of the molecule is C=CC(=O)SCC1CCCO1. The highest BCUT2D eigenvalue weighted by Gasteiger charge is 2.15. The number of ether oxygens (including phenoxy) is 1. The summed E-state index contributed by atoms with van der Waals surface area (Å²) in [6, 6.07) is 0. The lowest BCUT2D eigenvalue weighted by Crippen LogP contribution is -2.09. The van der Waals surface area contributed by atoms with E-state index < -0.39 is 0 Å². The minimum Gasteiger partial charge on any atom is -0.377 e. The molecule has 0 N–H and O–H groups in total. The average molecular weight is 172 g/mol. The Labute approximate surface area is 71.0 Å². The molecule has 0 aromatic rings. The van der Waals surface area contributed by atoms with Gasteiger partial charge >= 0.3 is 0 Å². The van der Waals surface area contributed by atoms with Crippen LogP contribution in [0.1, 0.15) is 12.8 Å². The largest absolute Gasteiger partial charge is 0.377 e. The zero-order valence-electron chi connectivity index (χ0n) is 6.41. The number of rotatable bonds is 3. The van der Waals surface area contributed by atoms with Gasteiger partial charge in [-0.3, -0.25) is 4.79 Å². The van der Waals surface area contributed by atoms with Crippen molar-refractivity contribution in [3.63, 3.8) is 0 Å². The van der Waals surface area contributed by atoms with Gasteiger partial charge in [0.1, 0.15) is 0 Å². The third kappa shape index (κ3) is 3.08. The minimum atomic E-state index is 0.0421. The summed E-state index contributed by atoms with van der Waals surface area (Å²) >= 11 is 1.29. The van der Waals surface area contributed by atoms with Crippen molar-refractivity contribution in [1.29, 1.82) is 0 Å². The quantitative estimate of drug-likeness (QED) is 0.605. The third-order valence-corrected chi connectivity index (χ3v) is 2.59. The number of hydrogen-bond acceptors (Lipinski definition) is 3. The van der Waals surface area contributed by atoms with Crippen LogP contribution in [0.2, 0.25) is 0 Å². The van der Waals surface area contributed by atoms with Crippen LogP contribution in [0.25, 0.3) is 0 Å². The first kappa shape index (κ1) is 8.81. The molecule has 1 saturated heterocycles. The van der Waals surface area contributed by atoms with Crippen LogP contribution >= 0.6 is 11.8 Å². The third-order valence-electron chi connectivity index (χ3n) is 1.60. The van der Waals surface area contributed by atoms with Gasteiger partial charge in [-0.2, -0.15) is 0 Å². The molecule has 11 heavy (non-hydrogen) atoms. The molecule has 1 aliphatic heterocycles. The summed E-state index contributed by atoms with van der Waals surface area (Å²) in [5.41, 5.74) is 0. The van der Waals surface area contributed by atoms with Gasteiger partial charge in [0.05, 0.1) is 6.10 Å². The summed E-state index contributed by atoms with van der Waals surface area (Å²) in [4.78, 5) is 10.8. The Balaban J connectivity index is 2.10. The Hall–Kier alpha value is -0.280. The van der Waals surface area contributed by atoms with Crippen LogP contribution in [0.5, 0.6) is 0 Å². The highest BCUT2D eigenvalue weighted by Crippen LogP contribution is 2.17. The summed E-state index contributed by atoms with van der Waals surface area (Å²) < 4.78 is 5.34. The molecule has 0 aliphatic carbocycles. The summed E-state index contributed by atoms with van der Waals surface area (Å²) in [5.74, 6) is 0.783.